The van der Waals surface area contributed by atoms with Gasteiger partial charge in [0.2, 0.25) is 0 Å². The average Bonchev–Trinajstić information content (AvgIpc) is 3.12. The second kappa shape index (κ2) is 5.27. The minimum absolute atomic E-state index is 0.412. The third-order valence-electron chi connectivity index (χ3n) is 5.20. The summed E-state index contributed by atoms with van der Waals surface area (Å²) in [5.74, 6) is 1.84. The van der Waals surface area contributed by atoms with Crippen molar-refractivity contribution in [1.82, 2.24) is 4.90 Å². The number of nitrogens with zero attached hydrogens (tertiary/aromatic N) is 1. The highest BCUT2D eigenvalue weighted by Gasteiger charge is 2.38. The highest BCUT2D eigenvalue weighted by molar-refractivity contribution is 4.91. The van der Waals surface area contributed by atoms with Crippen LogP contribution in [-0.2, 0) is 0 Å². The highest BCUT2D eigenvalue weighted by atomic mass is 15.1. The van der Waals surface area contributed by atoms with E-state index in [1.807, 2.05) is 0 Å². The lowest BCUT2D eigenvalue weighted by molar-refractivity contribution is 0.0789. The molecule has 2 heteroatoms. The number of hydrogen-bond acceptors (Lipinski definition) is 2. The van der Waals surface area contributed by atoms with Gasteiger partial charge in [-0.15, -0.1) is 0 Å². The molecular weight excluding hydrogens is 208 g/mol. The Kier molecular flexibility index (Phi) is 4.14. The van der Waals surface area contributed by atoms with Gasteiger partial charge >= 0.3 is 0 Å². The minimum Gasteiger partial charge on any atom is -0.330 e. The van der Waals surface area contributed by atoms with Crippen LogP contribution in [0.3, 0.4) is 0 Å². The summed E-state index contributed by atoms with van der Waals surface area (Å²) in [4.78, 5) is 2.59. The van der Waals surface area contributed by atoms with E-state index in [-0.39, 0.29) is 0 Å². The molecule has 2 rings (SSSR count). The van der Waals surface area contributed by atoms with Gasteiger partial charge < -0.3 is 10.6 Å². The van der Waals surface area contributed by atoms with E-state index in [0.717, 1.165) is 24.4 Å². The Bertz CT molecular complexity index is 249. The standard InChI is InChI=1S/C15H30N2/c1-12-5-4-8-15(9-12,10-16)11-17(3)13(2)14-6-7-14/h12-14H,4-11,16H2,1-3H3. The molecule has 0 aromatic carbocycles. The van der Waals surface area contributed by atoms with Gasteiger partial charge in [-0.2, -0.15) is 0 Å². The largest absolute Gasteiger partial charge is 0.330 e. The van der Waals surface area contributed by atoms with Crippen LogP contribution in [0.5, 0.6) is 0 Å². The summed E-state index contributed by atoms with van der Waals surface area (Å²) in [6.45, 7) is 6.88. The zero-order valence-electron chi connectivity index (χ0n) is 11.9. The summed E-state index contributed by atoms with van der Waals surface area (Å²) in [6.07, 6.45) is 8.35. The molecule has 0 heterocycles. The van der Waals surface area contributed by atoms with Gasteiger partial charge in [-0.3, -0.25) is 0 Å². The fraction of sp³-hybridized carbons (Fsp3) is 1.00. The monoisotopic (exact) mass is 238 g/mol. The first kappa shape index (κ1) is 13.4. The van der Waals surface area contributed by atoms with E-state index in [0.29, 0.717) is 5.41 Å². The molecule has 3 atom stereocenters. The summed E-state index contributed by atoms with van der Waals surface area (Å²) in [5.41, 5.74) is 6.53. The lowest BCUT2D eigenvalue weighted by Crippen LogP contribution is -2.47. The van der Waals surface area contributed by atoms with Crippen LogP contribution in [-0.4, -0.2) is 31.1 Å². The van der Waals surface area contributed by atoms with Gasteiger partial charge in [-0.25, -0.2) is 0 Å². The van der Waals surface area contributed by atoms with Crippen LogP contribution >= 0.6 is 0 Å². The van der Waals surface area contributed by atoms with Crippen molar-refractivity contribution in [3.05, 3.63) is 0 Å². The summed E-state index contributed by atoms with van der Waals surface area (Å²) in [6, 6.07) is 0.760. The van der Waals surface area contributed by atoms with Crippen LogP contribution in [0.4, 0.5) is 0 Å². The molecule has 0 amide bonds. The van der Waals surface area contributed by atoms with Gasteiger partial charge in [0.25, 0.3) is 0 Å². The first-order valence-electron chi connectivity index (χ1n) is 7.47. The van der Waals surface area contributed by atoms with Crippen LogP contribution in [0.2, 0.25) is 0 Å². The molecule has 0 aromatic rings. The van der Waals surface area contributed by atoms with E-state index in [1.165, 1.54) is 45.1 Å². The van der Waals surface area contributed by atoms with Crippen molar-refractivity contribution in [3.63, 3.8) is 0 Å². The molecule has 2 saturated carbocycles. The highest BCUT2D eigenvalue weighted by Crippen LogP contribution is 2.41. The Morgan fingerprint density at radius 3 is 2.59 bits per heavy atom. The normalized spacial score (nSPS) is 36.2. The van der Waals surface area contributed by atoms with E-state index in [2.05, 4.69) is 25.8 Å². The van der Waals surface area contributed by atoms with Crippen LogP contribution in [0.15, 0.2) is 0 Å². The molecule has 17 heavy (non-hydrogen) atoms. The Morgan fingerprint density at radius 2 is 2.06 bits per heavy atom. The second-order valence-corrected chi connectivity index (χ2v) is 6.90. The van der Waals surface area contributed by atoms with Crippen molar-refractivity contribution in [3.8, 4) is 0 Å². The molecule has 100 valence electrons. The van der Waals surface area contributed by atoms with E-state index in [4.69, 9.17) is 5.73 Å². The summed E-state index contributed by atoms with van der Waals surface area (Å²) < 4.78 is 0. The van der Waals surface area contributed by atoms with Crippen molar-refractivity contribution < 1.29 is 0 Å². The van der Waals surface area contributed by atoms with Gasteiger partial charge in [-0.1, -0.05) is 19.8 Å². The number of hydrogen-bond donors (Lipinski definition) is 1. The maximum atomic E-state index is 6.11. The first-order valence-corrected chi connectivity index (χ1v) is 7.47. The Hall–Kier alpha value is -0.0800. The SMILES string of the molecule is CC1CCCC(CN)(CN(C)C(C)C2CC2)C1. The van der Waals surface area contributed by atoms with Gasteiger partial charge in [-0.05, 0) is 63.5 Å². The molecule has 0 radical (unpaired) electrons. The van der Waals surface area contributed by atoms with E-state index in [9.17, 15) is 0 Å². The van der Waals surface area contributed by atoms with E-state index in [1.54, 1.807) is 0 Å². The Labute approximate surface area is 107 Å². The van der Waals surface area contributed by atoms with Crippen molar-refractivity contribution in [2.75, 3.05) is 20.1 Å². The van der Waals surface area contributed by atoms with Crippen LogP contribution in [0.1, 0.15) is 52.4 Å². The lowest BCUT2D eigenvalue weighted by Gasteiger charge is -2.43. The maximum absolute atomic E-state index is 6.11. The molecule has 2 fully saturated rings. The zero-order chi connectivity index (χ0) is 12.5. The summed E-state index contributed by atoms with van der Waals surface area (Å²) in [7, 11) is 2.31. The molecule has 2 aliphatic carbocycles. The fourth-order valence-electron chi connectivity index (χ4n) is 3.77. The molecule has 0 aromatic heterocycles. The molecule has 0 bridgehead atoms. The number of nitrogens with two attached hydrogens (primary N) is 1. The van der Waals surface area contributed by atoms with Gasteiger partial charge in [0.05, 0.1) is 0 Å². The fourth-order valence-corrected chi connectivity index (χ4v) is 3.77. The van der Waals surface area contributed by atoms with Crippen LogP contribution < -0.4 is 5.73 Å². The summed E-state index contributed by atoms with van der Waals surface area (Å²) >= 11 is 0. The molecule has 2 nitrogen and oxygen atoms in total. The molecule has 0 aliphatic heterocycles. The minimum atomic E-state index is 0.412. The predicted octanol–water partition coefficient (Wildman–Crippen LogP) is 2.87. The Morgan fingerprint density at radius 1 is 1.35 bits per heavy atom. The van der Waals surface area contributed by atoms with E-state index >= 15 is 0 Å². The third kappa shape index (κ3) is 3.23. The van der Waals surface area contributed by atoms with Crippen molar-refractivity contribution >= 4 is 0 Å². The van der Waals surface area contributed by atoms with Gasteiger partial charge in [0.15, 0.2) is 0 Å². The molecule has 0 saturated heterocycles. The van der Waals surface area contributed by atoms with Gasteiger partial charge in [0.1, 0.15) is 0 Å². The summed E-state index contributed by atoms with van der Waals surface area (Å²) in [5, 5.41) is 0. The molecule has 3 unspecified atom stereocenters. The molecular formula is C15H30N2. The first-order chi connectivity index (χ1) is 8.06. The molecule has 2 N–H and O–H groups in total. The topological polar surface area (TPSA) is 29.3 Å². The molecule has 0 spiro atoms. The zero-order valence-corrected chi connectivity index (χ0v) is 11.9. The van der Waals surface area contributed by atoms with Crippen molar-refractivity contribution in [1.29, 1.82) is 0 Å². The van der Waals surface area contributed by atoms with Crippen molar-refractivity contribution in [2.24, 2.45) is 23.0 Å². The molecule has 2 aliphatic rings. The van der Waals surface area contributed by atoms with E-state index < -0.39 is 0 Å². The smallest absolute Gasteiger partial charge is 0.00923 e. The van der Waals surface area contributed by atoms with Crippen LogP contribution in [0.25, 0.3) is 0 Å². The van der Waals surface area contributed by atoms with Gasteiger partial charge in [0, 0.05) is 12.6 Å². The lowest BCUT2D eigenvalue weighted by atomic mass is 9.69. The second-order valence-electron chi connectivity index (χ2n) is 6.90. The van der Waals surface area contributed by atoms with Crippen molar-refractivity contribution in [2.45, 2.75) is 58.4 Å². The maximum Gasteiger partial charge on any atom is 0.00923 e. The van der Waals surface area contributed by atoms with Crippen LogP contribution in [0, 0.1) is 17.3 Å². The Balaban J connectivity index is 1.92. The third-order valence-corrected chi connectivity index (χ3v) is 5.20. The average molecular weight is 238 g/mol. The predicted molar refractivity (Wildman–Crippen MR) is 73.9 cm³/mol. The number of rotatable bonds is 5. The quantitative estimate of drug-likeness (QED) is 0.798.